The predicted octanol–water partition coefficient (Wildman–Crippen LogP) is 2.60. The van der Waals surface area contributed by atoms with Crippen LogP contribution in [0.4, 0.5) is 17.5 Å². The number of hydrogen-bond donors (Lipinski definition) is 2. The van der Waals surface area contributed by atoms with Gasteiger partial charge in [0.05, 0.1) is 13.7 Å². The first-order valence-corrected chi connectivity index (χ1v) is 6.71. The van der Waals surface area contributed by atoms with E-state index in [1.165, 1.54) is 0 Å². The fourth-order valence-corrected chi connectivity index (χ4v) is 1.80. The molecule has 2 aromatic rings. The van der Waals surface area contributed by atoms with E-state index in [1.807, 2.05) is 37.3 Å². The molecule has 1 aromatic carbocycles. The number of hydrogen-bond acceptors (Lipinski definition) is 6. The van der Waals surface area contributed by atoms with Gasteiger partial charge in [-0.05, 0) is 31.2 Å². The summed E-state index contributed by atoms with van der Waals surface area (Å²) >= 11 is 0. The van der Waals surface area contributed by atoms with Crippen LogP contribution in [-0.2, 0) is 4.74 Å². The highest BCUT2D eigenvalue weighted by Gasteiger charge is 2.03. The molecule has 6 nitrogen and oxygen atoms in total. The van der Waals surface area contributed by atoms with Crippen molar-refractivity contribution >= 4 is 17.5 Å². The molecule has 0 aliphatic heterocycles. The van der Waals surface area contributed by atoms with Gasteiger partial charge in [0.25, 0.3) is 0 Å². The molecule has 0 aliphatic carbocycles. The fraction of sp³-hybridized carbons (Fsp3) is 0.333. The Morgan fingerprint density at radius 3 is 2.52 bits per heavy atom. The lowest BCUT2D eigenvalue weighted by atomic mass is 10.3. The first-order chi connectivity index (χ1) is 10.2. The summed E-state index contributed by atoms with van der Waals surface area (Å²) < 4.78 is 10.1. The molecule has 0 saturated carbocycles. The monoisotopic (exact) mass is 288 g/mol. The number of nitrogens with zero attached hydrogens (tertiary/aromatic N) is 2. The highest BCUT2D eigenvalue weighted by Crippen LogP contribution is 2.19. The quantitative estimate of drug-likeness (QED) is 0.763. The minimum absolute atomic E-state index is 0.586. The average molecular weight is 288 g/mol. The summed E-state index contributed by atoms with van der Waals surface area (Å²) in [6, 6.07) is 9.57. The van der Waals surface area contributed by atoms with Gasteiger partial charge in [-0.3, -0.25) is 0 Å². The van der Waals surface area contributed by atoms with Gasteiger partial charge in [-0.15, -0.1) is 0 Å². The van der Waals surface area contributed by atoms with Gasteiger partial charge in [0, 0.05) is 31.1 Å². The van der Waals surface area contributed by atoms with Crippen molar-refractivity contribution in [3.8, 4) is 5.75 Å². The SMILES string of the molecule is COCCNc1nc(C)cc(Nc2ccc(OC)cc2)n1. The molecule has 2 rings (SSSR count). The number of benzene rings is 1. The smallest absolute Gasteiger partial charge is 0.224 e. The molecule has 2 N–H and O–H groups in total. The van der Waals surface area contributed by atoms with Crippen LogP contribution in [0.25, 0.3) is 0 Å². The molecule has 0 aliphatic rings. The van der Waals surface area contributed by atoms with E-state index >= 15 is 0 Å². The van der Waals surface area contributed by atoms with E-state index in [2.05, 4.69) is 20.6 Å². The van der Waals surface area contributed by atoms with Gasteiger partial charge in [-0.1, -0.05) is 0 Å². The van der Waals surface area contributed by atoms with Gasteiger partial charge in [-0.2, -0.15) is 4.98 Å². The van der Waals surface area contributed by atoms with Crippen molar-refractivity contribution in [3.05, 3.63) is 36.0 Å². The zero-order chi connectivity index (χ0) is 15.1. The van der Waals surface area contributed by atoms with Crippen molar-refractivity contribution in [1.82, 2.24) is 9.97 Å². The maximum absolute atomic E-state index is 5.14. The lowest BCUT2D eigenvalue weighted by molar-refractivity contribution is 0.210. The van der Waals surface area contributed by atoms with E-state index in [-0.39, 0.29) is 0 Å². The second-order valence-corrected chi connectivity index (χ2v) is 4.49. The lowest BCUT2D eigenvalue weighted by Crippen LogP contribution is -2.11. The summed E-state index contributed by atoms with van der Waals surface area (Å²) in [4.78, 5) is 8.76. The van der Waals surface area contributed by atoms with Crippen molar-refractivity contribution < 1.29 is 9.47 Å². The minimum Gasteiger partial charge on any atom is -0.497 e. The van der Waals surface area contributed by atoms with Crippen molar-refractivity contribution in [2.24, 2.45) is 0 Å². The van der Waals surface area contributed by atoms with E-state index in [0.717, 1.165) is 22.9 Å². The third kappa shape index (κ3) is 4.61. The van der Waals surface area contributed by atoms with Crippen molar-refractivity contribution in [2.75, 3.05) is 38.0 Å². The van der Waals surface area contributed by atoms with Gasteiger partial charge in [0.2, 0.25) is 5.95 Å². The molecule has 1 heterocycles. The number of ether oxygens (including phenoxy) is 2. The Hall–Kier alpha value is -2.34. The van der Waals surface area contributed by atoms with E-state index in [4.69, 9.17) is 9.47 Å². The standard InChI is InChI=1S/C15H20N4O2/c1-11-10-14(19-15(17-11)16-8-9-20-2)18-12-4-6-13(21-3)7-5-12/h4-7,10H,8-9H2,1-3H3,(H2,16,17,18,19). The van der Waals surface area contributed by atoms with E-state index in [9.17, 15) is 0 Å². The molecule has 0 spiro atoms. The maximum atomic E-state index is 5.14. The molecule has 0 fully saturated rings. The van der Waals surface area contributed by atoms with Gasteiger partial charge in [0.1, 0.15) is 11.6 Å². The zero-order valence-electron chi connectivity index (χ0n) is 12.5. The summed E-state index contributed by atoms with van der Waals surface area (Å²) in [6.07, 6.45) is 0. The Morgan fingerprint density at radius 2 is 1.86 bits per heavy atom. The largest absolute Gasteiger partial charge is 0.497 e. The van der Waals surface area contributed by atoms with Crippen LogP contribution in [0.2, 0.25) is 0 Å². The van der Waals surface area contributed by atoms with Crippen molar-refractivity contribution in [3.63, 3.8) is 0 Å². The second-order valence-electron chi connectivity index (χ2n) is 4.49. The fourth-order valence-electron chi connectivity index (χ4n) is 1.80. The molecule has 0 saturated heterocycles. The average Bonchev–Trinajstić information content (AvgIpc) is 2.48. The second kappa shape index (κ2) is 7.44. The first kappa shape index (κ1) is 15.1. The summed E-state index contributed by atoms with van der Waals surface area (Å²) in [5.41, 5.74) is 1.83. The highest BCUT2D eigenvalue weighted by atomic mass is 16.5. The van der Waals surface area contributed by atoms with Crippen LogP contribution in [0.3, 0.4) is 0 Å². The number of anilines is 3. The predicted molar refractivity (Wildman–Crippen MR) is 83.4 cm³/mol. The Balaban J connectivity index is 2.07. The first-order valence-electron chi connectivity index (χ1n) is 6.71. The van der Waals surface area contributed by atoms with Crippen molar-refractivity contribution in [2.45, 2.75) is 6.92 Å². The molecule has 0 radical (unpaired) electrons. The Kier molecular flexibility index (Phi) is 5.34. The molecular formula is C15H20N4O2. The van der Waals surface area contributed by atoms with Crippen LogP contribution in [0.5, 0.6) is 5.75 Å². The Labute approximate surface area is 124 Å². The Morgan fingerprint density at radius 1 is 1.10 bits per heavy atom. The molecule has 0 atom stereocenters. The van der Waals surface area contributed by atoms with Gasteiger partial charge >= 0.3 is 0 Å². The molecule has 0 bridgehead atoms. The molecular weight excluding hydrogens is 268 g/mol. The van der Waals surface area contributed by atoms with Crippen molar-refractivity contribution in [1.29, 1.82) is 0 Å². The summed E-state index contributed by atoms with van der Waals surface area (Å²) in [5, 5.41) is 6.37. The molecule has 21 heavy (non-hydrogen) atoms. The Bertz CT molecular complexity index is 572. The minimum atomic E-state index is 0.586. The van der Waals surface area contributed by atoms with Crippen LogP contribution in [-0.4, -0.2) is 37.3 Å². The number of nitrogens with one attached hydrogen (secondary N) is 2. The normalized spacial score (nSPS) is 10.2. The van der Waals surface area contributed by atoms with E-state index in [0.29, 0.717) is 19.1 Å². The number of methoxy groups -OCH3 is 2. The van der Waals surface area contributed by atoms with E-state index < -0.39 is 0 Å². The topological polar surface area (TPSA) is 68.3 Å². The third-order valence-corrected chi connectivity index (χ3v) is 2.81. The van der Waals surface area contributed by atoms with E-state index in [1.54, 1.807) is 14.2 Å². The number of aromatic nitrogens is 2. The van der Waals surface area contributed by atoms with Crippen LogP contribution < -0.4 is 15.4 Å². The molecule has 1 aromatic heterocycles. The summed E-state index contributed by atoms with van der Waals surface area (Å²) in [6.45, 7) is 3.21. The molecule has 112 valence electrons. The molecule has 6 heteroatoms. The maximum Gasteiger partial charge on any atom is 0.224 e. The van der Waals surface area contributed by atoms with Gasteiger partial charge in [-0.25, -0.2) is 4.98 Å². The van der Waals surface area contributed by atoms with Crippen LogP contribution >= 0.6 is 0 Å². The van der Waals surface area contributed by atoms with Crippen LogP contribution in [0.15, 0.2) is 30.3 Å². The summed E-state index contributed by atoms with van der Waals surface area (Å²) in [7, 11) is 3.31. The summed E-state index contributed by atoms with van der Waals surface area (Å²) in [5.74, 6) is 2.15. The van der Waals surface area contributed by atoms with Gasteiger partial charge in [0.15, 0.2) is 0 Å². The number of aryl methyl sites for hydroxylation is 1. The van der Waals surface area contributed by atoms with Crippen LogP contribution in [0.1, 0.15) is 5.69 Å². The highest BCUT2D eigenvalue weighted by molar-refractivity contribution is 5.58. The molecule has 0 amide bonds. The molecule has 0 unspecified atom stereocenters. The van der Waals surface area contributed by atoms with Gasteiger partial charge < -0.3 is 20.1 Å². The van der Waals surface area contributed by atoms with Crippen LogP contribution in [0, 0.1) is 6.92 Å². The third-order valence-electron chi connectivity index (χ3n) is 2.81. The lowest BCUT2D eigenvalue weighted by Gasteiger charge is -2.10. The number of rotatable bonds is 7. The zero-order valence-corrected chi connectivity index (χ0v) is 12.5.